The van der Waals surface area contributed by atoms with E-state index in [9.17, 15) is 9.59 Å². The van der Waals surface area contributed by atoms with Gasteiger partial charge in [-0.15, -0.1) is 0 Å². The Morgan fingerprint density at radius 3 is 2.96 bits per heavy atom. The largest absolute Gasteiger partial charge is 0.368 e. The molecule has 2 amide bonds. The number of primary amides is 1. The fourth-order valence-electron chi connectivity index (χ4n) is 3.46. The molecule has 0 unspecified atom stereocenters. The van der Waals surface area contributed by atoms with Gasteiger partial charge in [-0.05, 0) is 32.6 Å². The number of carbonyl (C=O) groups excluding carboxylic acids is 2. The lowest BCUT2D eigenvalue weighted by Crippen LogP contribution is -2.53. The normalized spacial score (nSPS) is 24.3. The third-order valence-corrected chi connectivity index (χ3v) is 4.66. The van der Waals surface area contributed by atoms with Crippen LogP contribution in [-0.4, -0.2) is 56.7 Å². The number of aromatic nitrogens is 3. The van der Waals surface area contributed by atoms with Crippen molar-refractivity contribution in [2.24, 2.45) is 5.73 Å². The van der Waals surface area contributed by atoms with Crippen LogP contribution in [0.3, 0.4) is 0 Å². The lowest BCUT2D eigenvalue weighted by Gasteiger charge is -2.34. The zero-order valence-electron chi connectivity index (χ0n) is 13.5. The first kappa shape index (κ1) is 15.9. The van der Waals surface area contributed by atoms with Crippen LogP contribution in [0, 0.1) is 6.92 Å². The maximum atomic E-state index is 12.4. The van der Waals surface area contributed by atoms with Gasteiger partial charge in [-0.1, -0.05) is 0 Å². The molecule has 2 aliphatic heterocycles. The fourth-order valence-corrected chi connectivity index (χ4v) is 3.46. The monoisotopic (exact) mass is 320 g/mol. The van der Waals surface area contributed by atoms with Crippen molar-refractivity contribution in [2.75, 3.05) is 13.1 Å². The molecule has 0 radical (unpaired) electrons. The van der Waals surface area contributed by atoms with Gasteiger partial charge in [-0.3, -0.25) is 9.59 Å². The van der Waals surface area contributed by atoms with Crippen LogP contribution in [-0.2, 0) is 22.6 Å². The summed E-state index contributed by atoms with van der Waals surface area (Å²) in [5.41, 5.74) is 5.42. The minimum absolute atomic E-state index is 0.0472. The van der Waals surface area contributed by atoms with Crippen LogP contribution < -0.4 is 11.1 Å². The molecule has 0 bridgehead atoms. The first-order valence-corrected chi connectivity index (χ1v) is 8.27. The molecule has 0 saturated carbocycles. The van der Waals surface area contributed by atoms with Gasteiger partial charge in [0.1, 0.15) is 17.7 Å². The van der Waals surface area contributed by atoms with Gasteiger partial charge in [-0.2, -0.15) is 5.10 Å². The Morgan fingerprint density at radius 1 is 1.35 bits per heavy atom. The fraction of sp³-hybridized carbons (Fsp3) is 0.733. The zero-order chi connectivity index (χ0) is 16.4. The maximum absolute atomic E-state index is 12.4. The Labute approximate surface area is 135 Å². The van der Waals surface area contributed by atoms with Crippen molar-refractivity contribution < 1.29 is 9.59 Å². The summed E-state index contributed by atoms with van der Waals surface area (Å²) < 4.78 is 1.91. The van der Waals surface area contributed by atoms with Crippen molar-refractivity contribution in [3.05, 3.63) is 11.6 Å². The first-order valence-electron chi connectivity index (χ1n) is 8.27. The molecule has 1 fully saturated rings. The Kier molecular flexibility index (Phi) is 4.61. The molecular formula is C15H24N6O2. The molecule has 1 aromatic heterocycles. The highest BCUT2D eigenvalue weighted by molar-refractivity contribution is 5.87. The number of nitrogens with zero attached hydrogens (tertiary/aromatic N) is 4. The molecule has 2 atom stereocenters. The van der Waals surface area contributed by atoms with Gasteiger partial charge in [0.15, 0.2) is 0 Å². The number of amides is 2. The number of carbonyl (C=O) groups is 2. The third-order valence-electron chi connectivity index (χ3n) is 4.66. The van der Waals surface area contributed by atoms with Crippen LogP contribution in [0.25, 0.3) is 0 Å². The number of aryl methyl sites for hydroxylation is 2. The van der Waals surface area contributed by atoms with Crippen LogP contribution >= 0.6 is 0 Å². The second-order valence-electron chi connectivity index (χ2n) is 6.37. The van der Waals surface area contributed by atoms with E-state index in [1.165, 1.54) is 0 Å². The van der Waals surface area contributed by atoms with Crippen molar-refractivity contribution in [3.63, 3.8) is 0 Å². The lowest BCUT2D eigenvalue weighted by atomic mass is 10.0. The maximum Gasteiger partial charge on any atom is 0.240 e. The van der Waals surface area contributed by atoms with Crippen molar-refractivity contribution in [1.82, 2.24) is 25.0 Å². The van der Waals surface area contributed by atoms with Gasteiger partial charge in [0.25, 0.3) is 0 Å². The van der Waals surface area contributed by atoms with Crippen LogP contribution in [0.4, 0.5) is 0 Å². The summed E-state index contributed by atoms with van der Waals surface area (Å²) in [5, 5.41) is 7.66. The number of rotatable bonds is 4. The molecule has 126 valence electrons. The Bertz CT molecular complexity index is 599. The molecule has 3 N–H and O–H groups in total. The molecular weight excluding hydrogens is 296 g/mol. The van der Waals surface area contributed by atoms with E-state index in [0.717, 1.165) is 43.9 Å². The van der Waals surface area contributed by atoms with Crippen molar-refractivity contribution in [2.45, 2.75) is 57.7 Å². The molecule has 1 saturated heterocycles. The van der Waals surface area contributed by atoms with Gasteiger partial charge in [-0.25, -0.2) is 9.67 Å². The van der Waals surface area contributed by atoms with Crippen LogP contribution in [0.2, 0.25) is 0 Å². The first-order chi connectivity index (χ1) is 11.0. The summed E-state index contributed by atoms with van der Waals surface area (Å²) in [4.78, 5) is 29.9. The van der Waals surface area contributed by atoms with Gasteiger partial charge >= 0.3 is 0 Å². The summed E-state index contributed by atoms with van der Waals surface area (Å²) in [7, 11) is 0. The highest BCUT2D eigenvalue weighted by Crippen LogP contribution is 2.17. The molecule has 8 nitrogen and oxygen atoms in total. The van der Waals surface area contributed by atoms with E-state index in [4.69, 9.17) is 5.73 Å². The second-order valence-corrected chi connectivity index (χ2v) is 6.37. The van der Waals surface area contributed by atoms with E-state index in [1.807, 2.05) is 11.6 Å². The van der Waals surface area contributed by atoms with Gasteiger partial charge in [0, 0.05) is 19.0 Å². The van der Waals surface area contributed by atoms with Crippen molar-refractivity contribution in [3.8, 4) is 0 Å². The predicted molar refractivity (Wildman–Crippen MR) is 83.4 cm³/mol. The van der Waals surface area contributed by atoms with E-state index >= 15 is 0 Å². The van der Waals surface area contributed by atoms with Gasteiger partial charge in [0.2, 0.25) is 11.8 Å². The van der Waals surface area contributed by atoms with Crippen molar-refractivity contribution >= 4 is 11.8 Å². The average Bonchev–Trinajstić information content (AvgIpc) is 2.91. The molecule has 0 aliphatic carbocycles. The Balaban J connectivity index is 1.54. The quantitative estimate of drug-likeness (QED) is 0.767. The summed E-state index contributed by atoms with van der Waals surface area (Å²) in [6.07, 6.45) is 4.35. The summed E-state index contributed by atoms with van der Waals surface area (Å²) >= 11 is 0. The molecule has 0 spiro atoms. The van der Waals surface area contributed by atoms with E-state index in [-0.39, 0.29) is 18.5 Å². The van der Waals surface area contributed by atoms with Gasteiger partial charge in [0.05, 0.1) is 13.1 Å². The van der Waals surface area contributed by atoms with E-state index < -0.39 is 11.9 Å². The van der Waals surface area contributed by atoms with E-state index in [2.05, 4.69) is 15.4 Å². The smallest absolute Gasteiger partial charge is 0.240 e. The molecule has 3 rings (SSSR count). The standard InChI is InChI=1S/C15H24N6O2/c1-10-18-13-6-5-11(9-21(13)19-10)17-8-14(22)20-7-3-2-4-12(20)15(16)23/h11-12,17H,2-9H2,1H3,(H2,16,23)/t11-,12-/m1/s1. The number of hydrogen-bond donors (Lipinski definition) is 2. The summed E-state index contributed by atoms with van der Waals surface area (Å²) in [6.45, 7) is 3.46. The third kappa shape index (κ3) is 3.52. The molecule has 3 heterocycles. The number of piperidine rings is 1. The zero-order valence-corrected chi connectivity index (χ0v) is 13.5. The second kappa shape index (κ2) is 6.66. The highest BCUT2D eigenvalue weighted by Gasteiger charge is 2.31. The summed E-state index contributed by atoms with van der Waals surface area (Å²) in [5.74, 6) is 1.35. The average molecular weight is 320 g/mol. The van der Waals surface area contributed by atoms with E-state index in [1.54, 1.807) is 4.90 Å². The van der Waals surface area contributed by atoms with Crippen LogP contribution in [0.15, 0.2) is 0 Å². The van der Waals surface area contributed by atoms with Crippen LogP contribution in [0.5, 0.6) is 0 Å². The molecule has 23 heavy (non-hydrogen) atoms. The lowest BCUT2D eigenvalue weighted by molar-refractivity contribution is -0.140. The van der Waals surface area contributed by atoms with Crippen LogP contribution in [0.1, 0.15) is 37.3 Å². The molecule has 8 heteroatoms. The predicted octanol–water partition coefficient (Wildman–Crippen LogP) is -0.643. The SMILES string of the molecule is Cc1nc2n(n1)C[C@H](NCC(=O)N1CCCC[C@@H]1C(N)=O)CC2. The van der Waals surface area contributed by atoms with Crippen molar-refractivity contribution in [1.29, 1.82) is 0 Å². The molecule has 0 aromatic carbocycles. The molecule has 1 aromatic rings. The minimum atomic E-state index is -0.450. The minimum Gasteiger partial charge on any atom is -0.368 e. The number of hydrogen-bond acceptors (Lipinski definition) is 5. The number of likely N-dealkylation sites (tertiary alicyclic amines) is 1. The Morgan fingerprint density at radius 2 is 2.17 bits per heavy atom. The number of nitrogens with two attached hydrogens (primary N) is 1. The van der Waals surface area contributed by atoms with E-state index in [0.29, 0.717) is 13.0 Å². The molecule has 2 aliphatic rings. The Hall–Kier alpha value is -1.96. The summed E-state index contributed by atoms with van der Waals surface area (Å²) in [6, 6.07) is -0.252. The number of fused-ring (bicyclic) bond motifs is 1. The van der Waals surface area contributed by atoms with Gasteiger partial charge < -0.3 is 16.0 Å². The highest BCUT2D eigenvalue weighted by atomic mass is 16.2. The number of nitrogens with one attached hydrogen (secondary N) is 1. The topological polar surface area (TPSA) is 106 Å².